The zero-order chi connectivity index (χ0) is 19.8. The van der Waals surface area contributed by atoms with Gasteiger partial charge in [-0.3, -0.25) is 9.59 Å². The van der Waals surface area contributed by atoms with Gasteiger partial charge in [-0.2, -0.15) is 4.99 Å². The second-order valence-electron chi connectivity index (χ2n) is 6.91. The van der Waals surface area contributed by atoms with Gasteiger partial charge in [0.25, 0.3) is 11.8 Å². The van der Waals surface area contributed by atoms with E-state index in [9.17, 15) is 14.4 Å². The number of fused-ring (bicyclic) bond motifs is 1. The SMILES string of the molecule is CC(C)(C)OC(=O)/N=C(/c1ccc(Cl)cc1)N1C(=O)c2ccccc2C1=O. The lowest BCUT2D eigenvalue weighted by Gasteiger charge is -2.20. The van der Waals surface area contributed by atoms with Crippen LogP contribution in [0.15, 0.2) is 53.5 Å². The van der Waals surface area contributed by atoms with Crippen molar-refractivity contribution < 1.29 is 19.1 Å². The molecule has 0 aromatic heterocycles. The fourth-order valence-corrected chi connectivity index (χ4v) is 2.72. The average Bonchev–Trinajstić information content (AvgIpc) is 2.84. The summed E-state index contributed by atoms with van der Waals surface area (Å²) in [7, 11) is 0. The Kier molecular flexibility index (Phi) is 4.85. The molecule has 2 aromatic carbocycles. The summed E-state index contributed by atoms with van der Waals surface area (Å²) >= 11 is 5.92. The monoisotopic (exact) mass is 384 g/mol. The largest absolute Gasteiger partial charge is 0.442 e. The van der Waals surface area contributed by atoms with Gasteiger partial charge in [-0.25, -0.2) is 9.69 Å². The fraction of sp³-hybridized carbons (Fsp3) is 0.200. The molecule has 0 aliphatic carbocycles. The Morgan fingerprint density at radius 3 is 1.96 bits per heavy atom. The second kappa shape index (κ2) is 6.96. The number of ether oxygens (including phenoxy) is 1. The van der Waals surface area contributed by atoms with Gasteiger partial charge in [-0.15, -0.1) is 0 Å². The van der Waals surface area contributed by atoms with Gasteiger partial charge in [0.15, 0.2) is 5.84 Å². The summed E-state index contributed by atoms with van der Waals surface area (Å²) in [5.41, 5.74) is 0.134. The Labute approximate surface area is 161 Å². The second-order valence-corrected chi connectivity index (χ2v) is 7.35. The van der Waals surface area contributed by atoms with E-state index >= 15 is 0 Å². The van der Waals surface area contributed by atoms with Gasteiger partial charge in [-0.1, -0.05) is 23.7 Å². The van der Waals surface area contributed by atoms with Gasteiger partial charge in [0.2, 0.25) is 0 Å². The Balaban J connectivity index is 2.08. The van der Waals surface area contributed by atoms with E-state index in [4.69, 9.17) is 16.3 Å². The number of nitrogens with zero attached hydrogens (tertiary/aromatic N) is 2. The quantitative estimate of drug-likeness (QED) is 0.417. The first kappa shape index (κ1) is 18.8. The van der Waals surface area contributed by atoms with E-state index in [1.165, 1.54) is 0 Å². The number of amidine groups is 1. The van der Waals surface area contributed by atoms with Crippen LogP contribution in [0, 0.1) is 0 Å². The third-order valence-electron chi connectivity index (χ3n) is 3.70. The Morgan fingerprint density at radius 2 is 1.48 bits per heavy atom. The number of hydrogen-bond acceptors (Lipinski definition) is 4. The first-order chi connectivity index (χ1) is 12.7. The van der Waals surface area contributed by atoms with Crippen molar-refractivity contribution in [3.8, 4) is 0 Å². The van der Waals surface area contributed by atoms with Gasteiger partial charge in [0.1, 0.15) is 5.60 Å². The van der Waals surface area contributed by atoms with Crippen LogP contribution in [0.5, 0.6) is 0 Å². The highest BCUT2D eigenvalue weighted by Gasteiger charge is 2.39. The predicted octanol–water partition coefficient (Wildman–Crippen LogP) is 4.32. The number of carbonyl (C=O) groups is 3. The maximum absolute atomic E-state index is 12.8. The number of aliphatic imine (C=N–C) groups is 1. The molecule has 0 radical (unpaired) electrons. The zero-order valence-corrected chi connectivity index (χ0v) is 15.8. The van der Waals surface area contributed by atoms with Gasteiger partial charge in [0.05, 0.1) is 11.1 Å². The molecule has 3 amide bonds. The number of carbonyl (C=O) groups excluding carboxylic acids is 3. The minimum absolute atomic E-state index is 0.105. The molecule has 0 spiro atoms. The van der Waals surface area contributed by atoms with Crippen LogP contribution in [0.25, 0.3) is 0 Å². The topological polar surface area (TPSA) is 76.0 Å². The Hall–Kier alpha value is -2.99. The number of imide groups is 1. The van der Waals surface area contributed by atoms with Crippen molar-refractivity contribution in [1.82, 2.24) is 4.90 Å². The summed E-state index contributed by atoms with van der Waals surface area (Å²) in [6, 6.07) is 12.8. The lowest BCUT2D eigenvalue weighted by Crippen LogP contribution is -2.38. The smallest absolute Gasteiger partial charge is 0.436 e. The molecule has 1 aliphatic heterocycles. The van der Waals surface area contributed by atoms with Crippen LogP contribution in [0.1, 0.15) is 47.1 Å². The number of halogens is 1. The van der Waals surface area contributed by atoms with Crippen LogP contribution < -0.4 is 0 Å². The van der Waals surface area contributed by atoms with Crippen molar-refractivity contribution in [2.45, 2.75) is 26.4 Å². The van der Waals surface area contributed by atoms with Crippen molar-refractivity contribution in [3.63, 3.8) is 0 Å². The van der Waals surface area contributed by atoms with Crippen LogP contribution in [0.3, 0.4) is 0 Å². The molecule has 0 fully saturated rings. The molecule has 6 nitrogen and oxygen atoms in total. The molecule has 3 rings (SSSR count). The molecule has 27 heavy (non-hydrogen) atoms. The van der Waals surface area contributed by atoms with Crippen LogP contribution >= 0.6 is 11.6 Å². The van der Waals surface area contributed by atoms with E-state index in [-0.39, 0.29) is 17.0 Å². The van der Waals surface area contributed by atoms with E-state index in [1.54, 1.807) is 69.3 Å². The molecular formula is C20H17ClN2O4. The summed E-state index contributed by atoms with van der Waals surface area (Å²) in [6.45, 7) is 5.10. The minimum Gasteiger partial charge on any atom is -0.442 e. The van der Waals surface area contributed by atoms with E-state index in [0.717, 1.165) is 4.90 Å². The molecule has 0 N–H and O–H groups in total. The Bertz CT molecular complexity index is 924. The number of rotatable bonds is 1. The van der Waals surface area contributed by atoms with Crippen molar-refractivity contribution in [2.24, 2.45) is 4.99 Å². The predicted molar refractivity (Wildman–Crippen MR) is 101 cm³/mol. The highest BCUT2D eigenvalue weighted by molar-refractivity contribution is 6.33. The van der Waals surface area contributed by atoms with Crippen molar-refractivity contribution in [1.29, 1.82) is 0 Å². The molecule has 0 saturated carbocycles. The maximum atomic E-state index is 12.8. The molecule has 7 heteroatoms. The molecule has 0 unspecified atom stereocenters. The minimum atomic E-state index is -0.899. The lowest BCUT2D eigenvalue weighted by molar-refractivity contribution is 0.0602. The zero-order valence-electron chi connectivity index (χ0n) is 15.0. The van der Waals surface area contributed by atoms with E-state index in [2.05, 4.69) is 4.99 Å². The van der Waals surface area contributed by atoms with E-state index in [0.29, 0.717) is 10.6 Å². The lowest BCUT2D eigenvalue weighted by atomic mass is 10.1. The van der Waals surface area contributed by atoms with Crippen LogP contribution in [-0.4, -0.2) is 34.2 Å². The summed E-state index contributed by atoms with van der Waals surface area (Å²) in [5, 5.41) is 0.470. The number of amides is 3. The molecule has 1 aliphatic rings. The standard InChI is InChI=1S/C20H17ClN2O4/c1-20(2,3)27-19(26)22-16(12-8-10-13(21)11-9-12)23-17(24)14-6-4-5-7-15(14)18(23)25/h4-11H,1-3H3/b22-16-. The van der Waals surface area contributed by atoms with Gasteiger partial charge in [0, 0.05) is 10.6 Å². The highest BCUT2D eigenvalue weighted by atomic mass is 35.5. The summed E-state index contributed by atoms with van der Waals surface area (Å²) in [4.78, 5) is 42.7. The van der Waals surface area contributed by atoms with E-state index in [1.807, 2.05) is 0 Å². The molecule has 138 valence electrons. The third kappa shape index (κ3) is 3.90. The third-order valence-corrected chi connectivity index (χ3v) is 3.95. The van der Waals surface area contributed by atoms with Gasteiger partial charge >= 0.3 is 6.09 Å². The molecular weight excluding hydrogens is 368 g/mol. The summed E-state index contributed by atoms with van der Waals surface area (Å²) in [6.07, 6.45) is -0.899. The van der Waals surface area contributed by atoms with E-state index < -0.39 is 23.5 Å². The number of hydrogen-bond donors (Lipinski definition) is 0. The van der Waals surface area contributed by atoms with Crippen LogP contribution in [-0.2, 0) is 4.74 Å². The van der Waals surface area contributed by atoms with Crippen LogP contribution in [0.4, 0.5) is 4.79 Å². The van der Waals surface area contributed by atoms with Gasteiger partial charge < -0.3 is 4.74 Å². The number of benzene rings is 2. The molecule has 0 atom stereocenters. The van der Waals surface area contributed by atoms with Crippen molar-refractivity contribution in [3.05, 3.63) is 70.2 Å². The maximum Gasteiger partial charge on any atom is 0.436 e. The highest BCUT2D eigenvalue weighted by Crippen LogP contribution is 2.25. The summed E-state index contributed by atoms with van der Waals surface area (Å²) < 4.78 is 5.22. The first-order valence-corrected chi connectivity index (χ1v) is 8.60. The average molecular weight is 385 g/mol. The summed E-state index contributed by atoms with van der Waals surface area (Å²) in [5.74, 6) is -1.20. The molecule has 2 aromatic rings. The van der Waals surface area contributed by atoms with Crippen molar-refractivity contribution >= 4 is 35.3 Å². The first-order valence-electron chi connectivity index (χ1n) is 8.23. The normalized spacial score (nSPS) is 14.4. The molecule has 0 saturated heterocycles. The van der Waals surface area contributed by atoms with Gasteiger partial charge in [-0.05, 0) is 57.2 Å². The van der Waals surface area contributed by atoms with Crippen LogP contribution in [0.2, 0.25) is 5.02 Å². The Morgan fingerprint density at radius 1 is 0.963 bits per heavy atom. The fourth-order valence-electron chi connectivity index (χ4n) is 2.60. The molecule has 1 heterocycles. The van der Waals surface area contributed by atoms with Crippen molar-refractivity contribution in [2.75, 3.05) is 0 Å². The molecule has 0 bridgehead atoms.